The first-order valence-electron chi connectivity index (χ1n) is 4.69. The van der Waals surface area contributed by atoms with Crippen molar-refractivity contribution in [2.45, 2.75) is 0 Å². The van der Waals surface area contributed by atoms with Gasteiger partial charge in [0.1, 0.15) is 5.58 Å². The maximum Gasteiger partial charge on any atom is 0.328 e. The van der Waals surface area contributed by atoms with Gasteiger partial charge in [-0.15, -0.1) is 0 Å². The summed E-state index contributed by atoms with van der Waals surface area (Å²) in [5, 5.41) is 9.42. The molecule has 0 unspecified atom stereocenters. The molecule has 0 aliphatic heterocycles. The number of fused-ring (bicyclic) bond motifs is 1. The lowest BCUT2D eigenvalue weighted by molar-refractivity contribution is -0.131. The normalized spacial score (nSPS) is 11.1. The fraction of sp³-hybridized carbons (Fsp3) is 0.0833. The minimum Gasteiger partial charge on any atom is -0.478 e. The number of para-hydroxylation sites is 1. The number of hydrogen-bond acceptors (Lipinski definition) is 3. The fourth-order valence-electron chi connectivity index (χ4n) is 1.51. The Balaban J connectivity index is 2.60. The van der Waals surface area contributed by atoms with Gasteiger partial charge < -0.3 is 14.3 Å². The smallest absolute Gasteiger partial charge is 0.328 e. The Kier molecular flexibility index (Phi) is 2.64. The van der Waals surface area contributed by atoms with Crippen molar-refractivity contribution in [3.05, 3.63) is 35.9 Å². The molecule has 0 atom stereocenters. The molecule has 0 amide bonds. The van der Waals surface area contributed by atoms with Crippen LogP contribution in [0.4, 0.5) is 0 Å². The van der Waals surface area contributed by atoms with Crippen LogP contribution in [-0.4, -0.2) is 18.2 Å². The van der Waals surface area contributed by atoms with Crippen LogP contribution in [0.2, 0.25) is 0 Å². The van der Waals surface area contributed by atoms with Crippen LogP contribution in [0.5, 0.6) is 5.95 Å². The van der Waals surface area contributed by atoms with Crippen molar-refractivity contribution in [3.8, 4) is 5.95 Å². The number of aliphatic carboxylic acids is 1. The maximum absolute atomic E-state index is 10.5. The number of carboxylic acid groups (broad SMARTS) is 1. The van der Waals surface area contributed by atoms with Crippen molar-refractivity contribution in [1.82, 2.24) is 0 Å². The maximum atomic E-state index is 10.5. The minimum absolute atomic E-state index is 0.318. The van der Waals surface area contributed by atoms with E-state index in [1.165, 1.54) is 13.2 Å². The highest BCUT2D eigenvalue weighted by molar-refractivity contribution is 5.94. The van der Waals surface area contributed by atoms with Crippen LogP contribution in [0, 0.1) is 0 Å². The van der Waals surface area contributed by atoms with Gasteiger partial charge in [-0.05, 0) is 12.1 Å². The average molecular weight is 218 g/mol. The lowest BCUT2D eigenvalue weighted by Gasteiger charge is -1.93. The molecule has 16 heavy (non-hydrogen) atoms. The number of carbonyl (C=O) groups is 1. The molecule has 1 aromatic carbocycles. The molecule has 1 N–H and O–H groups in total. The third-order valence-electron chi connectivity index (χ3n) is 2.18. The molecule has 2 aromatic rings. The Hall–Kier alpha value is -2.23. The van der Waals surface area contributed by atoms with E-state index in [0.717, 1.165) is 11.5 Å². The van der Waals surface area contributed by atoms with Crippen molar-refractivity contribution in [2.75, 3.05) is 7.11 Å². The van der Waals surface area contributed by atoms with Crippen molar-refractivity contribution in [3.63, 3.8) is 0 Å². The van der Waals surface area contributed by atoms with Crippen LogP contribution in [0.1, 0.15) is 5.56 Å². The van der Waals surface area contributed by atoms with Crippen molar-refractivity contribution < 1.29 is 19.1 Å². The average Bonchev–Trinajstić information content (AvgIpc) is 2.64. The van der Waals surface area contributed by atoms with Gasteiger partial charge in [0.2, 0.25) is 0 Å². The monoisotopic (exact) mass is 218 g/mol. The van der Waals surface area contributed by atoms with E-state index in [1.54, 1.807) is 6.07 Å². The van der Waals surface area contributed by atoms with Crippen LogP contribution in [0.15, 0.2) is 34.8 Å². The molecular weight excluding hydrogens is 208 g/mol. The van der Waals surface area contributed by atoms with Crippen LogP contribution in [-0.2, 0) is 4.79 Å². The number of methoxy groups -OCH3 is 1. The number of rotatable bonds is 3. The first kappa shape index (κ1) is 10.3. The second kappa shape index (κ2) is 4.10. The first-order valence-corrected chi connectivity index (χ1v) is 4.69. The molecule has 0 radical (unpaired) electrons. The number of carboxylic acids is 1. The van der Waals surface area contributed by atoms with Gasteiger partial charge in [-0.3, -0.25) is 0 Å². The second-order valence-corrected chi connectivity index (χ2v) is 3.18. The fourth-order valence-corrected chi connectivity index (χ4v) is 1.51. The number of ether oxygens (including phenoxy) is 1. The Morgan fingerprint density at radius 2 is 2.19 bits per heavy atom. The molecule has 0 fully saturated rings. The summed E-state index contributed by atoms with van der Waals surface area (Å²) in [7, 11) is 1.48. The third-order valence-corrected chi connectivity index (χ3v) is 2.18. The Bertz CT molecular complexity index is 551. The van der Waals surface area contributed by atoms with Gasteiger partial charge in [0.25, 0.3) is 5.95 Å². The molecule has 2 rings (SSSR count). The minimum atomic E-state index is -1.01. The summed E-state index contributed by atoms with van der Waals surface area (Å²) in [6.45, 7) is 0. The highest BCUT2D eigenvalue weighted by atomic mass is 16.6. The van der Waals surface area contributed by atoms with Crippen molar-refractivity contribution in [1.29, 1.82) is 0 Å². The highest BCUT2D eigenvalue weighted by Crippen LogP contribution is 2.32. The number of benzene rings is 1. The highest BCUT2D eigenvalue weighted by Gasteiger charge is 2.11. The SMILES string of the molecule is COc1oc2ccccc2c1/C=C/C(=O)O. The number of furan rings is 1. The summed E-state index contributed by atoms with van der Waals surface area (Å²) in [5.41, 5.74) is 1.31. The van der Waals surface area contributed by atoms with Gasteiger partial charge in [0, 0.05) is 11.5 Å². The molecule has 0 bridgehead atoms. The molecule has 0 aliphatic rings. The van der Waals surface area contributed by atoms with E-state index in [0.29, 0.717) is 17.1 Å². The van der Waals surface area contributed by atoms with Gasteiger partial charge in [-0.25, -0.2) is 4.79 Å². The van der Waals surface area contributed by atoms with Crippen LogP contribution < -0.4 is 4.74 Å². The topological polar surface area (TPSA) is 59.7 Å². The van der Waals surface area contributed by atoms with Crippen LogP contribution in [0.3, 0.4) is 0 Å². The predicted molar refractivity (Wildman–Crippen MR) is 59.4 cm³/mol. The molecule has 0 aliphatic carbocycles. The van der Waals surface area contributed by atoms with Gasteiger partial charge in [0.15, 0.2) is 0 Å². The zero-order valence-corrected chi connectivity index (χ0v) is 8.64. The second-order valence-electron chi connectivity index (χ2n) is 3.18. The summed E-state index contributed by atoms with van der Waals surface area (Å²) < 4.78 is 10.5. The Morgan fingerprint density at radius 3 is 2.88 bits per heavy atom. The summed E-state index contributed by atoms with van der Waals surface area (Å²) in [5.74, 6) is -0.689. The van der Waals surface area contributed by atoms with Gasteiger partial charge in [0.05, 0.1) is 12.7 Å². The van der Waals surface area contributed by atoms with E-state index in [-0.39, 0.29) is 0 Å². The first-order chi connectivity index (χ1) is 7.72. The van der Waals surface area contributed by atoms with E-state index in [9.17, 15) is 4.79 Å². The molecule has 82 valence electrons. The van der Waals surface area contributed by atoms with E-state index >= 15 is 0 Å². The van der Waals surface area contributed by atoms with Crippen molar-refractivity contribution in [2.24, 2.45) is 0 Å². The molecule has 1 aromatic heterocycles. The summed E-state index contributed by atoms with van der Waals surface area (Å²) in [6, 6.07) is 7.35. The van der Waals surface area contributed by atoms with E-state index in [4.69, 9.17) is 14.3 Å². The predicted octanol–water partition coefficient (Wildman–Crippen LogP) is 2.54. The van der Waals surface area contributed by atoms with Crippen molar-refractivity contribution >= 4 is 23.0 Å². The lowest BCUT2D eigenvalue weighted by atomic mass is 10.1. The molecule has 4 nitrogen and oxygen atoms in total. The largest absolute Gasteiger partial charge is 0.478 e. The van der Waals surface area contributed by atoms with Gasteiger partial charge in [-0.2, -0.15) is 0 Å². The van der Waals surface area contributed by atoms with E-state index in [1.807, 2.05) is 18.2 Å². The Labute approximate surface area is 91.7 Å². The van der Waals surface area contributed by atoms with Gasteiger partial charge in [-0.1, -0.05) is 18.2 Å². The quantitative estimate of drug-likeness (QED) is 0.804. The molecule has 1 heterocycles. The molecular formula is C12H10O4. The van der Waals surface area contributed by atoms with E-state index in [2.05, 4.69) is 0 Å². The zero-order chi connectivity index (χ0) is 11.5. The summed E-state index contributed by atoms with van der Waals surface area (Å²) in [4.78, 5) is 10.5. The molecule has 4 heteroatoms. The van der Waals surface area contributed by atoms with Gasteiger partial charge >= 0.3 is 5.97 Å². The molecule has 0 saturated heterocycles. The number of hydrogen-bond donors (Lipinski definition) is 1. The van der Waals surface area contributed by atoms with Crippen LogP contribution >= 0.6 is 0 Å². The standard InChI is InChI=1S/C12H10O4/c1-15-12-9(6-7-11(13)14)8-4-2-3-5-10(8)16-12/h2-7H,1H3,(H,13,14)/b7-6+. The summed E-state index contributed by atoms with van der Waals surface area (Å²) >= 11 is 0. The Morgan fingerprint density at radius 1 is 1.44 bits per heavy atom. The summed E-state index contributed by atoms with van der Waals surface area (Å²) in [6.07, 6.45) is 2.52. The molecule has 0 saturated carbocycles. The van der Waals surface area contributed by atoms with E-state index < -0.39 is 5.97 Å². The zero-order valence-electron chi connectivity index (χ0n) is 8.64. The third kappa shape index (κ3) is 1.77. The van der Waals surface area contributed by atoms with Crippen LogP contribution in [0.25, 0.3) is 17.0 Å². The lowest BCUT2D eigenvalue weighted by Crippen LogP contribution is -1.87. The molecule has 0 spiro atoms.